The van der Waals surface area contributed by atoms with Gasteiger partial charge in [0.25, 0.3) is 0 Å². The summed E-state index contributed by atoms with van der Waals surface area (Å²) in [6.07, 6.45) is 1.17. The molecule has 1 atom stereocenters. The highest BCUT2D eigenvalue weighted by Crippen LogP contribution is 2.04. The van der Waals surface area contributed by atoms with Crippen molar-refractivity contribution < 1.29 is 9.90 Å². The highest BCUT2D eigenvalue weighted by molar-refractivity contribution is 5.77. The van der Waals surface area contributed by atoms with Gasteiger partial charge in [-0.3, -0.25) is 4.79 Å². The average Bonchev–Trinajstić information content (AvgIpc) is 2.13. The zero-order valence-corrected chi connectivity index (χ0v) is 9.36. The number of carbonyl (C=O) groups excluding carboxylic acids is 1. The summed E-state index contributed by atoms with van der Waals surface area (Å²) in [5.74, 6) is 0.0309. The number of amides is 1. The lowest BCUT2D eigenvalue weighted by atomic mass is 10.1. The summed E-state index contributed by atoms with van der Waals surface area (Å²) in [6.45, 7) is 6.23. The molecule has 1 amide bonds. The second-order valence-corrected chi connectivity index (χ2v) is 3.78. The van der Waals surface area contributed by atoms with Crippen LogP contribution in [0.1, 0.15) is 33.6 Å². The number of hydrogen-bond donors (Lipinski definition) is 2. The molecule has 0 aliphatic carbocycles. The zero-order chi connectivity index (χ0) is 11.1. The fourth-order valence-corrected chi connectivity index (χ4v) is 1.26. The van der Waals surface area contributed by atoms with Crippen molar-refractivity contribution in [3.63, 3.8) is 0 Å². The van der Waals surface area contributed by atoms with Crippen molar-refractivity contribution in [1.82, 2.24) is 4.90 Å². The van der Waals surface area contributed by atoms with Crippen molar-refractivity contribution in [3.8, 4) is 0 Å². The summed E-state index contributed by atoms with van der Waals surface area (Å²) in [4.78, 5) is 13.3. The molecule has 0 radical (unpaired) electrons. The molecule has 84 valence electrons. The first-order valence-electron chi connectivity index (χ1n) is 5.18. The predicted octanol–water partition coefficient (Wildman–Crippen LogP) is 0.343. The van der Waals surface area contributed by atoms with E-state index in [0.29, 0.717) is 13.0 Å². The van der Waals surface area contributed by atoms with Gasteiger partial charge >= 0.3 is 0 Å². The number of aliphatic hydroxyl groups excluding tert-OH is 1. The number of nitrogens with two attached hydrogens (primary N) is 1. The Hall–Kier alpha value is -0.610. The van der Waals surface area contributed by atoms with Gasteiger partial charge in [0.2, 0.25) is 5.91 Å². The molecule has 0 spiro atoms. The van der Waals surface area contributed by atoms with Crippen LogP contribution in [0.15, 0.2) is 0 Å². The van der Waals surface area contributed by atoms with Crippen LogP contribution < -0.4 is 5.73 Å². The average molecular weight is 202 g/mol. The molecular weight excluding hydrogens is 180 g/mol. The Labute approximate surface area is 86.1 Å². The highest BCUT2D eigenvalue weighted by Gasteiger charge is 2.17. The van der Waals surface area contributed by atoms with E-state index in [1.54, 1.807) is 4.90 Å². The Morgan fingerprint density at radius 1 is 1.50 bits per heavy atom. The third-order valence-corrected chi connectivity index (χ3v) is 2.25. The molecule has 0 aromatic heterocycles. The standard InChI is InChI=1S/C10H22N2O2/c1-4-9(11)7-10(14)12(5-6-13)8(2)3/h8-9,13H,4-7,11H2,1-3H3. The van der Waals surface area contributed by atoms with E-state index in [1.165, 1.54) is 0 Å². The van der Waals surface area contributed by atoms with Crippen LogP contribution in [0, 0.1) is 0 Å². The quantitative estimate of drug-likeness (QED) is 0.653. The van der Waals surface area contributed by atoms with E-state index in [4.69, 9.17) is 10.8 Å². The molecule has 0 aromatic rings. The van der Waals surface area contributed by atoms with Crippen molar-refractivity contribution >= 4 is 5.91 Å². The monoisotopic (exact) mass is 202 g/mol. The van der Waals surface area contributed by atoms with Crippen LogP contribution in [0.25, 0.3) is 0 Å². The lowest BCUT2D eigenvalue weighted by Gasteiger charge is -2.27. The molecule has 14 heavy (non-hydrogen) atoms. The molecule has 1 unspecified atom stereocenters. The smallest absolute Gasteiger partial charge is 0.224 e. The van der Waals surface area contributed by atoms with Crippen molar-refractivity contribution in [1.29, 1.82) is 0 Å². The summed E-state index contributed by atoms with van der Waals surface area (Å²) in [5, 5.41) is 8.80. The first-order chi connectivity index (χ1) is 6.52. The van der Waals surface area contributed by atoms with Crippen LogP contribution in [-0.2, 0) is 4.79 Å². The summed E-state index contributed by atoms with van der Waals surface area (Å²) < 4.78 is 0. The maximum Gasteiger partial charge on any atom is 0.224 e. The van der Waals surface area contributed by atoms with Gasteiger partial charge in [0.15, 0.2) is 0 Å². The minimum absolute atomic E-state index is 0.00524. The van der Waals surface area contributed by atoms with Crippen LogP contribution in [0.2, 0.25) is 0 Å². The van der Waals surface area contributed by atoms with Gasteiger partial charge in [-0.25, -0.2) is 0 Å². The van der Waals surface area contributed by atoms with Crippen molar-refractivity contribution in [2.75, 3.05) is 13.2 Å². The van der Waals surface area contributed by atoms with E-state index in [0.717, 1.165) is 6.42 Å². The minimum Gasteiger partial charge on any atom is -0.395 e. The van der Waals surface area contributed by atoms with Gasteiger partial charge in [0.1, 0.15) is 0 Å². The van der Waals surface area contributed by atoms with Crippen LogP contribution in [0.5, 0.6) is 0 Å². The molecule has 3 N–H and O–H groups in total. The van der Waals surface area contributed by atoms with Crippen molar-refractivity contribution in [2.45, 2.75) is 45.7 Å². The molecule has 0 heterocycles. The summed E-state index contributed by atoms with van der Waals surface area (Å²) in [5.41, 5.74) is 5.70. The minimum atomic E-state index is -0.0672. The number of nitrogens with zero attached hydrogens (tertiary/aromatic N) is 1. The molecule has 0 aromatic carbocycles. The number of aliphatic hydroxyl groups is 1. The molecule has 0 bridgehead atoms. The molecular formula is C10H22N2O2. The largest absolute Gasteiger partial charge is 0.395 e. The Balaban J connectivity index is 4.15. The van der Waals surface area contributed by atoms with Crippen molar-refractivity contribution in [3.05, 3.63) is 0 Å². The van der Waals surface area contributed by atoms with E-state index in [2.05, 4.69) is 0 Å². The normalized spacial score (nSPS) is 13.0. The number of carbonyl (C=O) groups is 1. The summed E-state index contributed by atoms with van der Waals surface area (Å²) in [6, 6.07) is 0.0566. The molecule has 0 rings (SSSR count). The molecule has 0 aliphatic rings. The first kappa shape index (κ1) is 13.4. The van der Waals surface area contributed by atoms with E-state index in [-0.39, 0.29) is 24.6 Å². The van der Waals surface area contributed by atoms with Gasteiger partial charge in [-0.15, -0.1) is 0 Å². The highest BCUT2D eigenvalue weighted by atomic mass is 16.3. The van der Waals surface area contributed by atoms with Gasteiger partial charge in [-0.2, -0.15) is 0 Å². The van der Waals surface area contributed by atoms with Crippen LogP contribution in [-0.4, -0.2) is 41.1 Å². The molecule has 0 fully saturated rings. The van der Waals surface area contributed by atoms with E-state index in [1.807, 2.05) is 20.8 Å². The Morgan fingerprint density at radius 2 is 2.07 bits per heavy atom. The van der Waals surface area contributed by atoms with Crippen LogP contribution in [0.3, 0.4) is 0 Å². The molecule has 4 heteroatoms. The maximum absolute atomic E-state index is 11.7. The third-order valence-electron chi connectivity index (χ3n) is 2.25. The SMILES string of the molecule is CCC(N)CC(=O)N(CCO)C(C)C. The predicted molar refractivity (Wildman–Crippen MR) is 56.8 cm³/mol. The topological polar surface area (TPSA) is 66.6 Å². The van der Waals surface area contributed by atoms with Gasteiger partial charge in [0, 0.05) is 25.0 Å². The van der Waals surface area contributed by atoms with Gasteiger partial charge in [-0.05, 0) is 20.3 Å². The Kier molecular flexibility index (Phi) is 6.49. The second kappa shape index (κ2) is 6.79. The fourth-order valence-electron chi connectivity index (χ4n) is 1.26. The lowest BCUT2D eigenvalue weighted by molar-refractivity contribution is -0.133. The molecule has 4 nitrogen and oxygen atoms in total. The lowest BCUT2D eigenvalue weighted by Crippen LogP contribution is -2.41. The van der Waals surface area contributed by atoms with E-state index < -0.39 is 0 Å². The summed E-state index contributed by atoms with van der Waals surface area (Å²) in [7, 11) is 0. The first-order valence-corrected chi connectivity index (χ1v) is 5.18. The third kappa shape index (κ3) is 4.58. The van der Waals surface area contributed by atoms with Gasteiger partial charge in [0.05, 0.1) is 6.61 Å². The number of rotatable bonds is 6. The molecule has 0 aliphatic heterocycles. The van der Waals surface area contributed by atoms with Crippen molar-refractivity contribution in [2.24, 2.45) is 5.73 Å². The van der Waals surface area contributed by atoms with Crippen LogP contribution in [0.4, 0.5) is 0 Å². The zero-order valence-electron chi connectivity index (χ0n) is 9.36. The van der Waals surface area contributed by atoms with E-state index in [9.17, 15) is 4.79 Å². The van der Waals surface area contributed by atoms with Gasteiger partial charge in [-0.1, -0.05) is 6.92 Å². The Morgan fingerprint density at radius 3 is 2.43 bits per heavy atom. The molecule has 0 saturated carbocycles. The second-order valence-electron chi connectivity index (χ2n) is 3.78. The van der Waals surface area contributed by atoms with Gasteiger partial charge < -0.3 is 15.7 Å². The maximum atomic E-state index is 11.7. The van der Waals surface area contributed by atoms with E-state index >= 15 is 0 Å². The van der Waals surface area contributed by atoms with Crippen LogP contribution >= 0.6 is 0 Å². The Bertz CT molecular complexity index is 172. The number of hydrogen-bond acceptors (Lipinski definition) is 3. The molecule has 0 saturated heterocycles. The fraction of sp³-hybridized carbons (Fsp3) is 0.900. The summed E-state index contributed by atoms with van der Waals surface area (Å²) >= 11 is 0.